The molecular formula is C16H22N2O6. The Kier molecular flexibility index (Phi) is 5.54. The van der Waals surface area contributed by atoms with Crippen LogP contribution in [0.5, 0.6) is 0 Å². The van der Waals surface area contributed by atoms with E-state index in [0.29, 0.717) is 5.56 Å². The third-order valence-electron chi connectivity index (χ3n) is 3.37. The summed E-state index contributed by atoms with van der Waals surface area (Å²) in [7, 11) is 0. The Morgan fingerprint density at radius 3 is 2.04 bits per heavy atom. The number of nitro benzene ring substituents is 1. The maximum Gasteiger partial charge on any atom is 0.408 e. The molecule has 0 heterocycles. The normalized spacial score (nSPS) is 13.0. The van der Waals surface area contributed by atoms with Gasteiger partial charge in [-0.15, -0.1) is 0 Å². The van der Waals surface area contributed by atoms with E-state index in [9.17, 15) is 24.8 Å². The lowest BCUT2D eigenvalue weighted by atomic mass is 9.80. The highest BCUT2D eigenvalue weighted by molar-refractivity contribution is 5.77. The maximum atomic E-state index is 12.1. The van der Waals surface area contributed by atoms with Crippen LogP contribution in [0.2, 0.25) is 0 Å². The molecule has 0 aliphatic heterocycles. The van der Waals surface area contributed by atoms with Crippen molar-refractivity contribution in [2.75, 3.05) is 0 Å². The van der Waals surface area contributed by atoms with Crippen LogP contribution in [-0.2, 0) is 9.53 Å². The summed E-state index contributed by atoms with van der Waals surface area (Å²) in [5.74, 6) is -1.12. The van der Waals surface area contributed by atoms with Crippen molar-refractivity contribution in [1.29, 1.82) is 0 Å². The topological polar surface area (TPSA) is 119 Å². The molecule has 0 aromatic heterocycles. The number of carbonyl (C=O) groups excluding carboxylic acids is 1. The van der Waals surface area contributed by atoms with E-state index < -0.39 is 34.0 Å². The van der Waals surface area contributed by atoms with Crippen LogP contribution in [0.3, 0.4) is 0 Å². The lowest BCUT2D eigenvalue weighted by Gasteiger charge is -2.32. The first-order chi connectivity index (χ1) is 10.8. The van der Waals surface area contributed by atoms with Gasteiger partial charge < -0.3 is 15.2 Å². The lowest BCUT2D eigenvalue weighted by Crippen LogP contribution is -2.44. The molecule has 1 amide bonds. The van der Waals surface area contributed by atoms with Crippen LogP contribution in [0.15, 0.2) is 24.3 Å². The number of non-ortho nitro benzene ring substituents is 1. The van der Waals surface area contributed by atoms with Gasteiger partial charge in [-0.25, -0.2) is 4.79 Å². The second kappa shape index (κ2) is 6.86. The van der Waals surface area contributed by atoms with Gasteiger partial charge in [-0.1, -0.05) is 12.1 Å². The quantitative estimate of drug-likeness (QED) is 0.628. The second-order valence-corrected chi connectivity index (χ2v) is 6.95. The van der Waals surface area contributed by atoms with Crippen LogP contribution >= 0.6 is 0 Å². The van der Waals surface area contributed by atoms with Gasteiger partial charge in [0.1, 0.15) is 5.60 Å². The highest BCUT2D eigenvalue weighted by Crippen LogP contribution is 2.34. The standard InChI is InChI=1S/C16H22N2O6/c1-15(2,3)24-14(21)17-12(16(4,5)13(19)20)10-6-8-11(9-7-10)18(22)23/h6-9,12H,1-5H3,(H,17,21)(H,19,20)/t12-/m1/s1. The first-order valence-electron chi connectivity index (χ1n) is 7.32. The minimum Gasteiger partial charge on any atom is -0.481 e. The zero-order valence-corrected chi connectivity index (χ0v) is 14.3. The minimum absolute atomic E-state index is 0.122. The Hall–Kier alpha value is -2.64. The van der Waals surface area contributed by atoms with Crippen molar-refractivity contribution in [1.82, 2.24) is 5.32 Å². The highest BCUT2D eigenvalue weighted by atomic mass is 16.6. The van der Waals surface area contributed by atoms with Crippen LogP contribution in [0.25, 0.3) is 0 Å². The third-order valence-corrected chi connectivity index (χ3v) is 3.37. The molecule has 0 saturated carbocycles. The number of nitrogens with zero attached hydrogens (tertiary/aromatic N) is 1. The Balaban J connectivity index is 3.17. The molecular weight excluding hydrogens is 316 g/mol. The minimum atomic E-state index is -1.35. The Morgan fingerprint density at radius 1 is 1.17 bits per heavy atom. The molecule has 1 aromatic carbocycles. The van der Waals surface area contributed by atoms with Crippen molar-refractivity contribution in [3.05, 3.63) is 39.9 Å². The van der Waals surface area contributed by atoms with E-state index in [2.05, 4.69) is 5.32 Å². The van der Waals surface area contributed by atoms with Crippen molar-refractivity contribution in [3.8, 4) is 0 Å². The number of carboxylic acid groups (broad SMARTS) is 1. The van der Waals surface area contributed by atoms with Crippen molar-refractivity contribution in [2.45, 2.75) is 46.3 Å². The Morgan fingerprint density at radius 2 is 1.67 bits per heavy atom. The molecule has 0 unspecified atom stereocenters. The lowest BCUT2D eigenvalue weighted by molar-refractivity contribution is -0.384. The number of carboxylic acids is 1. The summed E-state index contributed by atoms with van der Waals surface area (Å²) >= 11 is 0. The fourth-order valence-corrected chi connectivity index (χ4v) is 2.02. The largest absolute Gasteiger partial charge is 0.481 e. The number of nitrogens with one attached hydrogen (secondary N) is 1. The van der Waals surface area contributed by atoms with E-state index in [1.54, 1.807) is 20.8 Å². The van der Waals surface area contributed by atoms with E-state index in [4.69, 9.17) is 4.74 Å². The number of hydrogen-bond acceptors (Lipinski definition) is 5. The van der Waals surface area contributed by atoms with E-state index >= 15 is 0 Å². The number of nitro groups is 1. The second-order valence-electron chi connectivity index (χ2n) is 6.95. The van der Waals surface area contributed by atoms with Gasteiger partial charge >= 0.3 is 12.1 Å². The van der Waals surface area contributed by atoms with Gasteiger partial charge in [0.15, 0.2) is 0 Å². The smallest absolute Gasteiger partial charge is 0.408 e. The molecule has 0 saturated heterocycles. The van der Waals surface area contributed by atoms with E-state index in [1.165, 1.54) is 38.1 Å². The van der Waals surface area contributed by atoms with E-state index in [0.717, 1.165) is 0 Å². The molecule has 8 heteroatoms. The third kappa shape index (κ3) is 4.94. The average molecular weight is 338 g/mol. The number of amides is 1. The number of ether oxygens (including phenoxy) is 1. The zero-order chi connectivity index (χ0) is 18.7. The van der Waals surface area contributed by atoms with Gasteiger partial charge in [0.05, 0.1) is 16.4 Å². The summed E-state index contributed by atoms with van der Waals surface area (Å²) in [6, 6.07) is 4.44. The summed E-state index contributed by atoms with van der Waals surface area (Å²) in [4.78, 5) is 33.8. The van der Waals surface area contributed by atoms with Gasteiger partial charge in [0.2, 0.25) is 0 Å². The number of benzene rings is 1. The summed E-state index contributed by atoms with van der Waals surface area (Å²) in [5, 5.41) is 22.8. The first kappa shape index (κ1) is 19.4. The molecule has 1 rings (SSSR count). The molecule has 2 N–H and O–H groups in total. The van der Waals surface area contributed by atoms with Gasteiger partial charge in [-0.3, -0.25) is 14.9 Å². The van der Waals surface area contributed by atoms with Crippen molar-refractivity contribution < 1.29 is 24.4 Å². The van der Waals surface area contributed by atoms with Gasteiger partial charge in [-0.2, -0.15) is 0 Å². The van der Waals surface area contributed by atoms with Crippen molar-refractivity contribution in [2.24, 2.45) is 5.41 Å². The predicted octanol–water partition coefficient (Wildman–Crippen LogP) is 3.27. The van der Waals surface area contributed by atoms with Crippen LogP contribution in [0.1, 0.15) is 46.2 Å². The first-order valence-corrected chi connectivity index (χ1v) is 7.32. The van der Waals surface area contributed by atoms with Crippen LogP contribution in [0, 0.1) is 15.5 Å². The summed E-state index contributed by atoms with van der Waals surface area (Å²) in [5.41, 5.74) is -1.79. The maximum absolute atomic E-state index is 12.1. The fourth-order valence-electron chi connectivity index (χ4n) is 2.02. The molecule has 0 bridgehead atoms. The number of hydrogen-bond donors (Lipinski definition) is 2. The van der Waals surface area contributed by atoms with Crippen LogP contribution < -0.4 is 5.32 Å². The Bertz CT molecular complexity index is 631. The highest BCUT2D eigenvalue weighted by Gasteiger charge is 2.40. The monoisotopic (exact) mass is 338 g/mol. The van der Waals surface area contributed by atoms with E-state index in [-0.39, 0.29) is 5.69 Å². The number of carbonyl (C=O) groups is 2. The molecule has 24 heavy (non-hydrogen) atoms. The van der Waals surface area contributed by atoms with Crippen LogP contribution in [0.4, 0.5) is 10.5 Å². The van der Waals surface area contributed by atoms with Crippen LogP contribution in [-0.4, -0.2) is 27.7 Å². The molecule has 0 aliphatic rings. The van der Waals surface area contributed by atoms with Gasteiger partial charge in [0, 0.05) is 12.1 Å². The number of rotatable bonds is 5. The summed E-state index contributed by atoms with van der Waals surface area (Å²) in [6.07, 6.45) is -0.764. The SMILES string of the molecule is CC(C)(C)OC(=O)N[C@H](c1ccc([N+](=O)[O-])cc1)C(C)(C)C(=O)O. The van der Waals surface area contributed by atoms with Crippen molar-refractivity contribution in [3.63, 3.8) is 0 Å². The molecule has 1 aromatic rings. The molecule has 8 nitrogen and oxygen atoms in total. The molecule has 0 spiro atoms. The zero-order valence-electron chi connectivity index (χ0n) is 14.3. The molecule has 0 aliphatic carbocycles. The fraction of sp³-hybridized carbons (Fsp3) is 0.500. The number of aliphatic carboxylic acids is 1. The van der Waals surface area contributed by atoms with E-state index in [1.807, 2.05) is 0 Å². The molecule has 0 fully saturated rings. The number of alkyl carbamates (subject to hydrolysis) is 1. The molecule has 0 radical (unpaired) electrons. The molecule has 1 atom stereocenters. The van der Waals surface area contributed by atoms with Gasteiger partial charge in [0.25, 0.3) is 5.69 Å². The molecule has 132 valence electrons. The van der Waals surface area contributed by atoms with Gasteiger partial charge in [-0.05, 0) is 40.2 Å². The predicted molar refractivity (Wildman–Crippen MR) is 86.6 cm³/mol. The summed E-state index contributed by atoms with van der Waals surface area (Å²) in [6.45, 7) is 7.99. The average Bonchev–Trinajstić information content (AvgIpc) is 2.42. The Labute approximate surface area is 140 Å². The van der Waals surface area contributed by atoms with Crippen molar-refractivity contribution >= 4 is 17.7 Å². The summed E-state index contributed by atoms with van der Waals surface area (Å²) < 4.78 is 5.18.